The molecule has 84 valence electrons. The smallest absolute Gasteiger partial charge is 0.260 e. The van der Waals surface area contributed by atoms with Crippen molar-refractivity contribution in [2.45, 2.75) is 0 Å². The van der Waals surface area contributed by atoms with E-state index >= 15 is 0 Å². The molecule has 0 saturated heterocycles. The van der Waals surface area contributed by atoms with Crippen molar-refractivity contribution < 1.29 is 4.79 Å². The third kappa shape index (κ3) is 2.29. The summed E-state index contributed by atoms with van der Waals surface area (Å²) in [6, 6.07) is 5.19. The molecule has 6 heteroatoms. The first-order valence-corrected chi connectivity index (χ1v) is 4.86. The molecule has 0 aromatic carbocycles. The Bertz CT molecular complexity index is 596. The number of nitrogens with one attached hydrogen (secondary N) is 1. The zero-order valence-electron chi connectivity index (χ0n) is 9.08. The molecule has 2 aromatic rings. The molecule has 0 aliphatic rings. The molecule has 0 bridgehead atoms. The molecule has 0 radical (unpaired) electrons. The van der Waals surface area contributed by atoms with E-state index in [1.54, 1.807) is 25.4 Å². The fourth-order valence-electron chi connectivity index (χ4n) is 1.31. The maximum Gasteiger partial charge on any atom is 0.260 e. The lowest BCUT2D eigenvalue weighted by Gasteiger charge is -2.03. The van der Waals surface area contributed by atoms with E-state index in [0.29, 0.717) is 11.1 Å². The van der Waals surface area contributed by atoms with Gasteiger partial charge in [0.25, 0.3) is 5.91 Å². The zero-order chi connectivity index (χ0) is 12.3. The summed E-state index contributed by atoms with van der Waals surface area (Å²) in [7, 11) is 1.72. The van der Waals surface area contributed by atoms with Gasteiger partial charge in [-0.3, -0.25) is 9.48 Å². The van der Waals surface area contributed by atoms with Crippen molar-refractivity contribution in [1.82, 2.24) is 14.8 Å². The van der Waals surface area contributed by atoms with Crippen molar-refractivity contribution in [3.05, 3.63) is 41.9 Å². The lowest BCUT2D eigenvalue weighted by Crippen LogP contribution is -2.13. The highest BCUT2D eigenvalue weighted by Gasteiger charge is 2.11. The van der Waals surface area contributed by atoms with Gasteiger partial charge >= 0.3 is 0 Å². The molecule has 6 nitrogen and oxygen atoms in total. The quantitative estimate of drug-likeness (QED) is 0.827. The number of amides is 1. The maximum atomic E-state index is 11.8. The van der Waals surface area contributed by atoms with E-state index in [9.17, 15) is 4.79 Å². The maximum absolute atomic E-state index is 11.8. The Morgan fingerprint density at radius 3 is 3.06 bits per heavy atom. The summed E-state index contributed by atoms with van der Waals surface area (Å²) in [6.07, 6.45) is 4.55. The number of carbonyl (C=O) groups is 1. The van der Waals surface area contributed by atoms with Crippen molar-refractivity contribution in [3.63, 3.8) is 0 Å². The van der Waals surface area contributed by atoms with Gasteiger partial charge < -0.3 is 5.32 Å². The predicted molar refractivity (Wildman–Crippen MR) is 60.1 cm³/mol. The largest absolute Gasteiger partial charge is 0.305 e. The highest BCUT2D eigenvalue weighted by molar-refractivity contribution is 6.03. The second kappa shape index (κ2) is 4.45. The SMILES string of the molecule is Cn1cc(C(=O)Nc2ncccc2C#N)cn1. The zero-order valence-corrected chi connectivity index (χ0v) is 9.08. The van der Waals surface area contributed by atoms with Crippen molar-refractivity contribution >= 4 is 11.7 Å². The Morgan fingerprint density at radius 2 is 2.41 bits per heavy atom. The summed E-state index contributed by atoms with van der Waals surface area (Å²) in [5.74, 6) is -0.0860. The van der Waals surface area contributed by atoms with Crippen LogP contribution in [0.5, 0.6) is 0 Å². The third-order valence-electron chi connectivity index (χ3n) is 2.13. The minimum Gasteiger partial charge on any atom is -0.305 e. The fourth-order valence-corrected chi connectivity index (χ4v) is 1.31. The molecule has 0 unspecified atom stereocenters. The first-order chi connectivity index (χ1) is 8.20. The van der Waals surface area contributed by atoms with Crippen LogP contribution in [0.3, 0.4) is 0 Å². The molecule has 0 atom stereocenters. The van der Waals surface area contributed by atoms with Crippen LogP contribution in [0, 0.1) is 11.3 Å². The van der Waals surface area contributed by atoms with E-state index in [-0.39, 0.29) is 11.7 Å². The van der Waals surface area contributed by atoms with Crippen LogP contribution in [-0.4, -0.2) is 20.7 Å². The molecule has 0 saturated carbocycles. The minimum atomic E-state index is -0.340. The number of pyridine rings is 1. The Kier molecular flexibility index (Phi) is 2.83. The van der Waals surface area contributed by atoms with Crippen LogP contribution in [0.1, 0.15) is 15.9 Å². The molecular formula is C11H9N5O. The normalized spacial score (nSPS) is 9.65. The third-order valence-corrected chi connectivity index (χ3v) is 2.13. The van der Waals surface area contributed by atoms with Gasteiger partial charge in [-0.05, 0) is 12.1 Å². The number of aryl methyl sites for hydroxylation is 1. The van der Waals surface area contributed by atoms with Gasteiger partial charge in [0.05, 0.1) is 17.3 Å². The molecule has 1 N–H and O–H groups in total. The highest BCUT2D eigenvalue weighted by atomic mass is 16.1. The number of rotatable bonds is 2. The van der Waals surface area contributed by atoms with Gasteiger partial charge in [-0.25, -0.2) is 4.98 Å². The van der Waals surface area contributed by atoms with Gasteiger partial charge in [-0.15, -0.1) is 0 Å². The monoisotopic (exact) mass is 227 g/mol. The van der Waals surface area contributed by atoms with E-state index in [2.05, 4.69) is 15.4 Å². The van der Waals surface area contributed by atoms with Gasteiger partial charge in [0, 0.05) is 19.4 Å². The summed E-state index contributed by atoms with van der Waals surface area (Å²) in [5, 5.41) is 15.3. The van der Waals surface area contributed by atoms with Crippen molar-refractivity contribution in [2.75, 3.05) is 5.32 Å². The van der Waals surface area contributed by atoms with Crippen LogP contribution < -0.4 is 5.32 Å². The summed E-state index contributed by atoms with van der Waals surface area (Å²) >= 11 is 0. The second-order valence-corrected chi connectivity index (χ2v) is 3.37. The van der Waals surface area contributed by atoms with Crippen molar-refractivity contribution in [1.29, 1.82) is 5.26 Å². The number of anilines is 1. The second-order valence-electron chi connectivity index (χ2n) is 3.37. The van der Waals surface area contributed by atoms with E-state index in [1.165, 1.54) is 17.1 Å². The van der Waals surface area contributed by atoms with E-state index in [0.717, 1.165) is 0 Å². The van der Waals surface area contributed by atoms with Gasteiger partial charge in [0.1, 0.15) is 6.07 Å². The van der Waals surface area contributed by atoms with Crippen molar-refractivity contribution in [2.24, 2.45) is 7.05 Å². The summed E-state index contributed by atoms with van der Waals surface area (Å²) in [6.45, 7) is 0. The highest BCUT2D eigenvalue weighted by Crippen LogP contribution is 2.11. The number of carbonyl (C=O) groups excluding carboxylic acids is 1. The van der Waals surface area contributed by atoms with Gasteiger partial charge in [0.15, 0.2) is 5.82 Å². The number of hydrogen-bond donors (Lipinski definition) is 1. The Morgan fingerprint density at radius 1 is 1.59 bits per heavy atom. The molecule has 0 spiro atoms. The number of aromatic nitrogens is 3. The molecule has 2 rings (SSSR count). The minimum absolute atomic E-state index is 0.254. The average Bonchev–Trinajstić information content (AvgIpc) is 2.77. The first kappa shape index (κ1) is 10.8. The molecule has 0 aliphatic carbocycles. The Labute approximate surface area is 97.5 Å². The number of nitriles is 1. The van der Waals surface area contributed by atoms with Gasteiger partial charge in [-0.1, -0.05) is 0 Å². The average molecular weight is 227 g/mol. The fraction of sp³-hybridized carbons (Fsp3) is 0.0909. The Balaban J connectivity index is 2.22. The molecule has 17 heavy (non-hydrogen) atoms. The van der Waals surface area contributed by atoms with Crippen LogP contribution in [0.2, 0.25) is 0 Å². The summed E-state index contributed by atoms with van der Waals surface area (Å²) in [4.78, 5) is 15.7. The van der Waals surface area contributed by atoms with Gasteiger partial charge in [-0.2, -0.15) is 10.4 Å². The number of hydrogen-bond acceptors (Lipinski definition) is 4. The topological polar surface area (TPSA) is 83.6 Å². The van der Waals surface area contributed by atoms with Crippen molar-refractivity contribution in [3.8, 4) is 6.07 Å². The molecular weight excluding hydrogens is 218 g/mol. The molecule has 0 aliphatic heterocycles. The number of nitrogens with zero attached hydrogens (tertiary/aromatic N) is 4. The Hall–Kier alpha value is -2.68. The molecule has 2 heterocycles. The predicted octanol–water partition coefficient (Wildman–Crippen LogP) is 0.939. The van der Waals surface area contributed by atoms with Crippen LogP contribution in [0.15, 0.2) is 30.7 Å². The molecule has 2 aromatic heterocycles. The summed E-state index contributed by atoms with van der Waals surface area (Å²) in [5.41, 5.74) is 0.742. The van der Waals surface area contributed by atoms with E-state index < -0.39 is 0 Å². The lowest BCUT2D eigenvalue weighted by molar-refractivity contribution is 0.102. The first-order valence-electron chi connectivity index (χ1n) is 4.86. The van der Waals surface area contributed by atoms with E-state index in [1.807, 2.05) is 6.07 Å². The standard InChI is InChI=1S/C11H9N5O/c1-16-7-9(6-14-16)11(17)15-10-8(5-12)3-2-4-13-10/h2-4,6-7H,1H3,(H,13,15,17). The lowest BCUT2D eigenvalue weighted by atomic mass is 10.2. The van der Waals surface area contributed by atoms with Crippen LogP contribution >= 0.6 is 0 Å². The van der Waals surface area contributed by atoms with Crippen LogP contribution in [0.4, 0.5) is 5.82 Å². The van der Waals surface area contributed by atoms with Crippen LogP contribution in [-0.2, 0) is 7.05 Å². The van der Waals surface area contributed by atoms with Crippen LogP contribution in [0.25, 0.3) is 0 Å². The van der Waals surface area contributed by atoms with Gasteiger partial charge in [0.2, 0.25) is 0 Å². The van der Waals surface area contributed by atoms with E-state index in [4.69, 9.17) is 5.26 Å². The molecule has 0 fully saturated rings. The molecule has 1 amide bonds. The summed E-state index contributed by atoms with van der Waals surface area (Å²) < 4.78 is 1.53.